The third-order valence-electron chi connectivity index (χ3n) is 4.06. The van der Waals surface area contributed by atoms with Crippen molar-refractivity contribution in [2.45, 2.75) is 6.61 Å². The minimum atomic E-state index is -0.555. The molecule has 9 heteroatoms. The second-order valence-corrected chi connectivity index (χ2v) is 6.03. The van der Waals surface area contributed by atoms with Crippen LogP contribution in [0, 0.1) is 10.1 Å². The first-order valence-corrected chi connectivity index (χ1v) is 8.85. The Kier molecular flexibility index (Phi) is 6.67. The van der Waals surface area contributed by atoms with Crippen LogP contribution in [0.25, 0.3) is 0 Å². The maximum Gasteiger partial charge on any atom is 0.282 e. The topological polar surface area (TPSA) is 116 Å². The monoisotopic (exact) mass is 406 g/mol. The van der Waals surface area contributed by atoms with E-state index < -0.39 is 10.8 Å². The van der Waals surface area contributed by atoms with Gasteiger partial charge in [0.05, 0.1) is 29.9 Å². The fraction of sp³-hybridized carbons (Fsp3) is 0.0952. The standard InChI is InChI=1S/C21H18N4O5/c1-29-19-11-17(13-23-24-21(26)16-7-9-22-10-8-16)18(25(27)28)12-20(19)30-14-15-5-3-2-4-6-15/h2-13H,14H2,1H3,(H,24,26)/b23-13-. The number of hydrogen-bond donors (Lipinski definition) is 1. The molecule has 0 aliphatic carbocycles. The number of nitro groups is 1. The van der Waals surface area contributed by atoms with Crippen LogP contribution in [0.5, 0.6) is 11.5 Å². The van der Waals surface area contributed by atoms with Crippen molar-refractivity contribution in [3.63, 3.8) is 0 Å². The van der Waals surface area contributed by atoms with Crippen LogP contribution in [0.1, 0.15) is 21.5 Å². The molecular formula is C21H18N4O5. The molecule has 0 aliphatic rings. The number of carbonyl (C=O) groups excluding carboxylic acids is 1. The Bertz CT molecular complexity index is 1060. The number of benzene rings is 2. The zero-order valence-corrected chi connectivity index (χ0v) is 16.0. The van der Waals surface area contributed by atoms with Gasteiger partial charge in [0.1, 0.15) is 6.61 Å². The van der Waals surface area contributed by atoms with E-state index in [1.165, 1.54) is 50.0 Å². The van der Waals surface area contributed by atoms with E-state index >= 15 is 0 Å². The molecule has 30 heavy (non-hydrogen) atoms. The number of carbonyl (C=O) groups is 1. The van der Waals surface area contributed by atoms with E-state index in [0.717, 1.165) is 5.56 Å². The zero-order valence-electron chi connectivity index (χ0n) is 16.0. The van der Waals surface area contributed by atoms with Crippen LogP contribution < -0.4 is 14.9 Å². The second kappa shape index (κ2) is 9.78. The van der Waals surface area contributed by atoms with Crippen LogP contribution in [0.4, 0.5) is 5.69 Å². The number of amides is 1. The average Bonchev–Trinajstić information content (AvgIpc) is 2.78. The van der Waals surface area contributed by atoms with Crippen molar-refractivity contribution in [2.24, 2.45) is 5.10 Å². The summed E-state index contributed by atoms with van der Waals surface area (Å²) in [5, 5.41) is 15.3. The number of hydrazone groups is 1. The molecule has 0 spiro atoms. The number of ether oxygens (including phenoxy) is 2. The van der Waals surface area contributed by atoms with E-state index in [1.807, 2.05) is 30.3 Å². The number of aromatic nitrogens is 1. The summed E-state index contributed by atoms with van der Waals surface area (Å²) in [7, 11) is 1.43. The van der Waals surface area contributed by atoms with E-state index in [9.17, 15) is 14.9 Å². The van der Waals surface area contributed by atoms with Crippen LogP contribution >= 0.6 is 0 Å². The Labute approximate surface area is 172 Å². The molecule has 1 aromatic heterocycles. The summed E-state index contributed by atoms with van der Waals surface area (Å²) in [6, 6.07) is 15.1. The molecule has 0 aliphatic heterocycles. The van der Waals surface area contributed by atoms with Gasteiger partial charge in [0.2, 0.25) is 0 Å². The number of pyridine rings is 1. The van der Waals surface area contributed by atoms with Crippen molar-refractivity contribution in [1.29, 1.82) is 0 Å². The highest BCUT2D eigenvalue weighted by Gasteiger charge is 2.19. The van der Waals surface area contributed by atoms with Gasteiger partial charge in [0.15, 0.2) is 11.5 Å². The summed E-state index contributed by atoms with van der Waals surface area (Å²) in [5.41, 5.74) is 3.51. The zero-order chi connectivity index (χ0) is 21.3. The number of nitrogens with zero attached hydrogens (tertiary/aromatic N) is 3. The summed E-state index contributed by atoms with van der Waals surface area (Å²) in [6.45, 7) is 0.226. The average molecular weight is 406 g/mol. The highest BCUT2D eigenvalue weighted by molar-refractivity contribution is 5.95. The number of methoxy groups -OCH3 is 1. The van der Waals surface area contributed by atoms with Gasteiger partial charge < -0.3 is 9.47 Å². The summed E-state index contributed by atoms with van der Waals surface area (Å²) in [5.74, 6) is 0.0653. The lowest BCUT2D eigenvalue weighted by Crippen LogP contribution is -2.17. The fourth-order valence-electron chi connectivity index (χ4n) is 2.56. The van der Waals surface area contributed by atoms with E-state index in [-0.39, 0.29) is 23.6 Å². The summed E-state index contributed by atoms with van der Waals surface area (Å²) in [6.07, 6.45) is 4.13. The molecule has 1 heterocycles. The molecule has 0 fully saturated rings. The second-order valence-electron chi connectivity index (χ2n) is 6.03. The van der Waals surface area contributed by atoms with Crippen molar-refractivity contribution in [1.82, 2.24) is 10.4 Å². The molecule has 9 nitrogen and oxygen atoms in total. The van der Waals surface area contributed by atoms with Gasteiger partial charge in [0, 0.05) is 18.0 Å². The lowest BCUT2D eigenvalue weighted by atomic mass is 10.1. The van der Waals surface area contributed by atoms with Crippen molar-refractivity contribution < 1.29 is 19.2 Å². The van der Waals surface area contributed by atoms with Gasteiger partial charge in [-0.15, -0.1) is 0 Å². The van der Waals surface area contributed by atoms with Gasteiger partial charge in [-0.25, -0.2) is 5.43 Å². The Morgan fingerprint density at radius 3 is 2.57 bits per heavy atom. The normalized spacial score (nSPS) is 10.6. The van der Waals surface area contributed by atoms with Crippen molar-refractivity contribution in [2.75, 3.05) is 7.11 Å². The molecule has 152 valence electrons. The number of hydrogen-bond acceptors (Lipinski definition) is 7. The van der Waals surface area contributed by atoms with E-state index in [0.29, 0.717) is 11.3 Å². The van der Waals surface area contributed by atoms with E-state index in [4.69, 9.17) is 9.47 Å². The van der Waals surface area contributed by atoms with E-state index in [1.54, 1.807) is 0 Å². The molecule has 0 atom stereocenters. The smallest absolute Gasteiger partial charge is 0.282 e. The van der Waals surface area contributed by atoms with Gasteiger partial charge >= 0.3 is 0 Å². The Balaban J connectivity index is 1.80. The van der Waals surface area contributed by atoms with Gasteiger partial charge in [-0.2, -0.15) is 5.10 Å². The van der Waals surface area contributed by atoms with Crippen molar-refractivity contribution in [3.05, 3.63) is 93.8 Å². The predicted molar refractivity (Wildman–Crippen MR) is 110 cm³/mol. The van der Waals surface area contributed by atoms with Crippen LogP contribution in [0.3, 0.4) is 0 Å². The molecule has 0 saturated heterocycles. The van der Waals surface area contributed by atoms with Crippen LogP contribution in [0.2, 0.25) is 0 Å². The molecule has 1 N–H and O–H groups in total. The van der Waals surface area contributed by atoms with Crippen LogP contribution in [-0.4, -0.2) is 29.1 Å². The number of nitro benzene ring substituents is 1. The SMILES string of the molecule is COc1cc(/C=N\NC(=O)c2ccncc2)c([N+](=O)[O-])cc1OCc1ccccc1. The Morgan fingerprint density at radius 1 is 1.17 bits per heavy atom. The highest BCUT2D eigenvalue weighted by Crippen LogP contribution is 2.34. The predicted octanol–water partition coefficient (Wildman–Crippen LogP) is 3.34. The third kappa shape index (κ3) is 5.16. The van der Waals surface area contributed by atoms with Crippen LogP contribution in [0.15, 0.2) is 72.1 Å². The number of rotatable bonds is 8. The Hall–Kier alpha value is -4.27. The molecular weight excluding hydrogens is 388 g/mol. The molecule has 0 unspecified atom stereocenters. The highest BCUT2D eigenvalue weighted by atomic mass is 16.6. The quantitative estimate of drug-likeness (QED) is 0.348. The molecule has 1 amide bonds. The van der Waals surface area contributed by atoms with Crippen molar-refractivity contribution in [3.8, 4) is 11.5 Å². The van der Waals surface area contributed by atoms with Gasteiger partial charge in [-0.3, -0.25) is 19.9 Å². The van der Waals surface area contributed by atoms with Gasteiger partial charge in [-0.1, -0.05) is 30.3 Å². The molecule has 3 rings (SSSR count). The summed E-state index contributed by atoms with van der Waals surface area (Å²) >= 11 is 0. The first kappa shape index (κ1) is 20.5. The minimum Gasteiger partial charge on any atom is -0.493 e. The first-order chi connectivity index (χ1) is 14.6. The van der Waals surface area contributed by atoms with Gasteiger partial charge in [0.25, 0.3) is 11.6 Å². The maximum atomic E-state index is 12.0. The number of nitrogens with one attached hydrogen (secondary N) is 1. The minimum absolute atomic E-state index is 0.152. The summed E-state index contributed by atoms with van der Waals surface area (Å²) in [4.78, 5) is 26.8. The molecule has 0 saturated carbocycles. The fourth-order valence-corrected chi connectivity index (χ4v) is 2.56. The largest absolute Gasteiger partial charge is 0.493 e. The van der Waals surface area contributed by atoms with Gasteiger partial charge in [-0.05, 0) is 23.8 Å². The van der Waals surface area contributed by atoms with Crippen LogP contribution in [-0.2, 0) is 6.61 Å². The Morgan fingerprint density at radius 2 is 1.90 bits per heavy atom. The lowest BCUT2D eigenvalue weighted by Gasteiger charge is -2.12. The maximum absolute atomic E-state index is 12.0. The van der Waals surface area contributed by atoms with E-state index in [2.05, 4.69) is 15.5 Å². The molecule has 0 bridgehead atoms. The van der Waals surface area contributed by atoms with Crippen molar-refractivity contribution >= 4 is 17.8 Å². The summed E-state index contributed by atoms with van der Waals surface area (Å²) < 4.78 is 11.0. The molecule has 2 aromatic carbocycles. The molecule has 3 aromatic rings. The first-order valence-electron chi connectivity index (χ1n) is 8.85. The lowest BCUT2D eigenvalue weighted by molar-refractivity contribution is -0.385. The third-order valence-corrected chi connectivity index (χ3v) is 4.06. The molecule has 0 radical (unpaired) electrons.